The Balaban J connectivity index is 1.62. The lowest BCUT2D eigenvalue weighted by Crippen LogP contribution is -2.43. The van der Waals surface area contributed by atoms with E-state index in [1.54, 1.807) is 0 Å². The number of aliphatic carboxylic acids is 1. The fraction of sp³-hybridized carbons (Fsp3) is 0.450. The summed E-state index contributed by atoms with van der Waals surface area (Å²) in [6.07, 6.45) is 4.45. The van der Waals surface area contributed by atoms with Gasteiger partial charge in [-0.15, -0.1) is 11.3 Å². The van der Waals surface area contributed by atoms with Crippen LogP contribution in [0, 0.1) is 12.8 Å². The number of hydrogen-bond donors (Lipinski definition) is 2. The molecule has 1 fully saturated rings. The Morgan fingerprint density at radius 2 is 1.92 bits per heavy atom. The molecule has 1 amide bonds. The fourth-order valence-corrected chi connectivity index (χ4v) is 4.24. The Labute approximate surface area is 157 Å². The summed E-state index contributed by atoms with van der Waals surface area (Å²) in [6.45, 7) is 2.04. The van der Waals surface area contributed by atoms with Crippen LogP contribution in [0.3, 0.4) is 0 Å². The zero-order valence-electron chi connectivity index (χ0n) is 14.9. The van der Waals surface area contributed by atoms with E-state index in [-0.39, 0.29) is 18.4 Å². The van der Waals surface area contributed by atoms with E-state index in [2.05, 4.69) is 10.3 Å². The predicted molar refractivity (Wildman–Crippen MR) is 102 cm³/mol. The van der Waals surface area contributed by atoms with Gasteiger partial charge < -0.3 is 10.4 Å². The Morgan fingerprint density at radius 1 is 1.19 bits per heavy atom. The van der Waals surface area contributed by atoms with Crippen LogP contribution in [0.15, 0.2) is 29.6 Å². The van der Waals surface area contributed by atoms with Crippen molar-refractivity contribution < 1.29 is 14.7 Å². The molecule has 0 unspecified atom stereocenters. The molecule has 1 aromatic carbocycles. The average Bonchev–Trinajstić information content (AvgIpc) is 2.93. The molecule has 0 saturated heterocycles. The Kier molecular flexibility index (Phi) is 6.04. The average molecular weight is 372 g/mol. The molecule has 0 radical (unpaired) electrons. The highest BCUT2D eigenvalue weighted by molar-refractivity contribution is 7.13. The van der Waals surface area contributed by atoms with E-state index in [0.717, 1.165) is 41.9 Å². The molecule has 2 aromatic rings. The minimum atomic E-state index is -0.812. The van der Waals surface area contributed by atoms with Gasteiger partial charge in [0.15, 0.2) is 0 Å². The van der Waals surface area contributed by atoms with Crippen molar-refractivity contribution in [1.29, 1.82) is 0 Å². The largest absolute Gasteiger partial charge is 0.481 e. The number of thiazole rings is 1. The minimum absolute atomic E-state index is 0.149. The molecule has 0 aliphatic heterocycles. The Hall–Kier alpha value is -2.21. The molecule has 1 aliphatic carbocycles. The summed E-state index contributed by atoms with van der Waals surface area (Å²) in [4.78, 5) is 28.4. The molecule has 2 atom stereocenters. The number of carboxylic acid groups (broad SMARTS) is 1. The zero-order valence-corrected chi connectivity index (χ0v) is 15.7. The Morgan fingerprint density at radius 3 is 2.65 bits per heavy atom. The van der Waals surface area contributed by atoms with Crippen molar-refractivity contribution in [3.05, 3.63) is 40.9 Å². The van der Waals surface area contributed by atoms with Gasteiger partial charge in [-0.3, -0.25) is 9.59 Å². The number of benzene rings is 1. The highest BCUT2D eigenvalue weighted by Crippen LogP contribution is 2.25. The second-order valence-corrected chi connectivity index (χ2v) is 7.80. The number of amides is 1. The standard InChI is InChI=1S/C20H24N2O3S/c1-13-7-9-14(10-8-13)19-21-15(12-26-19)11-18(23)22-17-6-4-2-3-5-16(17)20(24)25/h7-10,12,16-17H,2-6,11H2,1H3,(H,22,23)(H,24,25)/t16-,17+/m1/s1. The second-order valence-electron chi connectivity index (χ2n) is 6.94. The third-order valence-corrected chi connectivity index (χ3v) is 5.81. The topological polar surface area (TPSA) is 79.3 Å². The third-order valence-electron chi connectivity index (χ3n) is 4.87. The van der Waals surface area contributed by atoms with Gasteiger partial charge >= 0.3 is 5.97 Å². The molecule has 138 valence electrons. The van der Waals surface area contributed by atoms with Gasteiger partial charge in [0.05, 0.1) is 18.0 Å². The SMILES string of the molecule is Cc1ccc(-c2nc(CC(=O)N[C@H]3CCCCC[C@H]3C(=O)O)cs2)cc1. The van der Waals surface area contributed by atoms with Gasteiger partial charge in [-0.25, -0.2) is 4.98 Å². The van der Waals surface area contributed by atoms with Crippen molar-refractivity contribution in [2.75, 3.05) is 0 Å². The molecule has 1 saturated carbocycles. The van der Waals surface area contributed by atoms with Crippen LogP contribution in [0.4, 0.5) is 0 Å². The third kappa shape index (κ3) is 4.69. The first kappa shape index (κ1) is 18.6. The van der Waals surface area contributed by atoms with E-state index in [1.165, 1.54) is 16.9 Å². The molecule has 1 aromatic heterocycles. The number of nitrogens with zero attached hydrogens (tertiary/aromatic N) is 1. The number of aromatic nitrogens is 1. The van der Waals surface area contributed by atoms with Crippen LogP contribution < -0.4 is 5.32 Å². The van der Waals surface area contributed by atoms with Gasteiger partial charge in [0, 0.05) is 17.0 Å². The van der Waals surface area contributed by atoms with Crippen molar-refractivity contribution in [1.82, 2.24) is 10.3 Å². The van der Waals surface area contributed by atoms with Crippen LogP contribution in [0.5, 0.6) is 0 Å². The summed E-state index contributed by atoms with van der Waals surface area (Å²) < 4.78 is 0. The molecule has 6 heteroatoms. The van der Waals surface area contributed by atoms with E-state index >= 15 is 0 Å². The van der Waals surface area contributed by atoms with Crippen LogP contribution in [0.2, 0.25) is 0 Å². The molecule has 5 nitrogen and oxygen atoms in total. The highest BCUT2D eigenvalue weighted by Gasteiger charge is 2.30. The van der Waals surface area contributed by atoms with Crippen LogP contribution in [0.1, 0.15) is 43.4 Å². The van der Waals surface area contributed by atoms with Crippen molar-refractivity contribution in [2.24, 2.45) is 5.92 Å². The fourth-order valence-electron chi connectivity index (χ4n) is 3.42. The van der Waals surface area contributed by atoms with E-state index in [1.807, 2.05) is 36.6 Å². The van der Waals surface area contributed by atoms with Gasteiger partial charge in [0.25, 0.3) is 0 Å². The summed E-state index contributed by atoms with van der Waals surface area (Å²) in [7, 11) is 0. The first-order chi connectivity index (χ1) is 12.5. The smallest absolute Gasteiger partial charge is 0.308 e. The number of aryl methyl sites for hydroxylation is 1. The quantitative estimate of drug-likeness (QED) is 0.782. The van der Waals surface area contributed by atoms with Crippen molar-refractivity contribution in [3.63, 3.8) is 0 Å². The van der Waals surface area contributed by atoms with Gasteiger partial charge in [-0.2, -0.15) is 0 Å². The van der Waals surface area contributed by atoms with Gasteiger partial charge in [0.1, 0.15) is 5.01 Å². The predicted octanol–water partition coefficient (Wildman–Crippen LogP) is 3.81. The lowest BCUT2D eigenvalue weighted by molar-refractivity contribution is -0.143. The summed E-state index contributed by atoms with van der Waals surface area (Å²) >= 11 is 1.52. The molecule has 2 N–H and O–H groups in total. The summed E-state index contributed by atoms with van der Waals surface area (Å²) in [5, 5.41) is 15.2. The van der Waals surface area contributed by atoms with Gasteiger partial charge in [-0.1, -0.05) is 49.1 Å². The first-order valence-corrected chi connectivity index (χ1v) is 9.94. The van der Waals surface area contributed by atoms with Crippen LogP contribution in [-0.4, -0.2) is 28.0 Å². The number of carbonyl (C=O) groups excluding carboxylic acids is 1. The Bertz CT molecular complexity index is 770. The van der Waals surface area contributed by atoms with Crippen LogP contribution in [-0.2, 0) is 16.0 Å². The maximum absolute atomic E-state index is 12.4. The molecule has 0 bridgehead atoms. The minimum Gasteiger partial charge on any atom is -0.481 e. The normalized spacial score (nSPS) is 20.3. The molecular weight excluding hydrogens is 348 g/mol. The summed E-state index contributed by atoms with van der Waals surface area (Å²) in [5.41, 5.74) is 2.96. The summed E-state index contributed by atoms with van der Waals surface area (Å²) in [6, 6.07) is 7.86. The highest BCUT2D eigenvalue weighted by atomic mass is 32.1. The van der Waals surface area contributed by atoms with E-state index in [4.69, 9.17) is 0 Å². The zero-order chi connectivity index (χ0) is 18.5. The van der Waals surface area contributed by atoms with Crippen LogP contribution >= 0.6 is 11.3 Å². The monoisotopic (exact) mass is 372 g/mol. The van der Waals surface area contributed by atoms with Crippen LogP contribution in [0.25, 0.3) is 10.6 Å². The van der Waals surface area contributed by atoms with Crippen molar-refractivity contribution in [2.45, 2.75) is 51.5 Å². The van der Waals surface area contributed by atoms with Gasteiger partial charge in [-0.05, 0) is 19.8 Å². The lowest BCUT2D eigenvalue weighted by atomic mass is 9.95. The number of carboxylic acids is 1. The maximum atomic E-state index is 12.4. The molecule has 3 rings (SSSR count). The van der Waals surface area contributed by atoms with Crippen molar-refractivity contribution in [3.8, 4) is 10.6 Å². The summed E-state index contributed by atoms with van der Waals surface area (Å²) in [5.74, 6) is -1.45. The van der Waals surface area contributed by atoms with Crippen molar-refractivity contribution >= 4 is 23.2 Å². The number of carbonyl (C=O) groups is 2. The number of hydrogen-bond acceptors (Lipinski definition) is 4. The molecule has 26 heavy (non-hydrogen) atoms. The molecular formula is C20H24N2O3S. The van der Waals surface area contributed by atoms with E-state index < -0.39 is 11.9 Å². The molecule has 0 spiro atoms. The number of rotatable bonds is 5. The first-order valence-electron chi connectivity index (χ1n) is 9.06. The lowest BCUT2D eigenvalue weighted by Gasteiger charge is -2.22. The second kappa shape index (κ2) is 8.45. The van der Waals surface area contributed by atoms with E-state index in [9.17, 15) is 14.7 Å². The van der Waals surface area contributed by atoms with E-state index in [0.29, 0.717) is 6.42 Å². The maximum Gasteiger partial charge on any atom is 0.308 e. The molecule has 1 heterocycles. The van der Waals surface area contributed by atoms with Gasteiger partial charge in [0.2, 0.25) is 5.91 Å². The molecule has 1 aliphatic rings. The number of nitrogens with one attached hydrogen (secondary N) is 1.